The van der Waals surface area contributed by atoms with Crippen LogP contribution in [0.15, 0.2) is 41.0 Å². The van der Waals surface area contributed by atoms with E-state index >= 15 is 0 Å². The normalized spacial score (nSPS) is 14.2. The lowest BCUT2D eigenvalue weighted by Gasteiger charge is -2.12. The van der Waals surface area contributed by atoms with E-state index in [1.54, 1.807) is 4.90 Å². The molecule has 6 nitrogen and oxygen atoms in total. The molecular weight excluding hydrogens is 318 g/mol. The van der Waals surface area contributed by atoms with Gasteiger partial charge in [0.05, 0.1) is 0 Å². The first-order chi connectivity index (χ1) is 12.2. The van der Waals surface area contributed by atoms with E-state index in [0.29, 0.717) is 17.3 Å². The second-order valence-electron chi connectivity index (χ2n) is 6.19. The highest BCUT2D eigenvalue weighted by atomic mass is 16.5. The molecule has 0 aliphatic carbocycles. The van der Waals surface area contributed by atoms with Crippen LogP contribution in [-0.2, 0) is 6.61 Å². The molecule has 6 heteroatoms. The second-order valence-corrected chi connectivity index (χ2v) is 6.19. The van der Waals surface area contributed by atoms with E-state index in [1.807, 2.05) is 37.3 Å². The van der Waals surface area contributed by atoms with Crippen molar-refractivity contribution in [2.24, 2.45) is 0 Å². The average molecular weight is 337 g/mol. The molecule has 0 spiro atoms. The smallest absolute Gasteiger partial charge is 0.275 e. The van der Waals surface area contributed by atoms with Gasteiger partial charge in [-0.3, -0.25) is 4.79 Å². The number of benzene rings is 1. The molecule has 1 aliphatic rings. The molecule has 0 radical (unpaired) electrons. The van der Waals surface area contributed by atoms with Crippen molar-refractivity contribution >= 4 is 16.8 Å². The Kier molecular flexibility index (Phi) is 4.09. The Morgan fingerprint density at radius 1 is 1.20 bits per heavy atom. The van der Waals surface area contributed by atoms with Crippen LogP contribution in [0.3, 0.4) is 0 Å². The number of likely N-dealkylation sites (tertiary alicyclic amines) is 1. The molecule has 1 fully saturated rings. The number of fused-ring (bicyclic) bond motifs is 1. The minimum absolute atomic E-state index is 0.0741. The Balaban J connectivity index is 1.49. The zero-order chi connectivity index (χ0) is 17.2. The Bertz CT molecular complexity index is 913. The molecular formula is C19H19N3O3. The van der Waals surface area contributed by atoms with Crippen LogP contribution in [-0.4, -0.2) is 33.9 Å². The van der Waals surface area contributed by atoms with Gasteiger partial charge >= 0.3 is 0 Å². The number of hydrogen-bond donors (Lipinski definition) is 0. The van der Waals surface area contributed by atoms with E-state index < -0.39 is 0 Å². The lowest BCUT2D eigenvalue weighted by molar-refractivity contribution is 0.0787. The molecule has 1 aromatic carbocycles. The van der Waals surface area contributed by atoms with E-state index in [1.165, 1.54) is 6.26 Å². The molecule has 0 saturated carbocycles. The maximum atomic E-state index is 12.3. The number of oxazole rings is 1. The van der Waals surface area contributed by atoms with Crippen LogP contribution in [0.4, 0.5) is 0 Å². The lowest BCUT2D eigenvalue weighted by Crippen LogP contribution is -2.27. The highest BCUT2D eigenvalue weighted by Gasteiger charge is 2.22. The molecule has 0 unspecified atom stereocenters. The molecule has 1 saturated heterocycles. The molecule has 0 atom stereocenters. The molecule has 1 aliphatic heterocycles. The van der Waals surface area contributed by atoms with Gasteiger partial charge in [0.2, 0.25) is 5.89 Å². The number of pyridine rings is 1. The maximum absolute atomic E-state index is 12.3. The van der Waals surface area contributed by atoms with E-state index in [-0.39, 0.29) is 12.5 Å². The fraction of sp³-hybridized carbons (Fsp3) is 0.316. The minimum atomic E-state index is -0.0741. The van der Waals surface area contributed by atoms with E-state index in [2.05, 4.69) is 9.97 Å². The van der Waals surface area contributed by atoms with Gasteiger partial charge in [0.15, 0.2) is 12.3 Å². The predicted octanol–water partition coefficient (Wildman–Crippen LogP) is 3.35. The van der Waals surface area contributed by atoms with Crippen LogP contribution in [0.25, 0.3) is 10.9 Å². The Labute approximate surface area is 145 Å². The van der Waals surface area contributed by atoms with Crippen LogP contribution in [0, 0.1) is 6.92 Å². The Morgan fingerprint density at radius 2 is 2.04 bits per heavy atom. The quantitative estimate of drug-likeness (QED) is 0.730. The van der Waals surface area contributed by atoms with Gasteiger partial charge in [0.1, 0.15) is 17.5 Å². The van der Waals surface area contributed by atoms with Crippen molar-refractivity contribution in [3.8, 4) is 5.75 Å². The fourth-order valence-corrected chi connectivity index (χ4v) is 3.03. The van der Waals surface area contributed by atoms with Gasteiger partial charge in [0.25, 0.3) is 5.91 Å². The van der Waals surface area contributed by atoms with Crippen molar-refractivity contribution in [1.29, 1.82) is 0 Å². The summed E-state index contributed by atoms with van der Waals surface area (Å²) < 4.78 is 11.2. The zero-order valence-corrected chi connectivity index (χ0v) is 14.1. The largest absolute Gasteiger partial charge is 0.482 e. The van der Waals surface area contributed by atoms with Gasteiger partial charge in [-0.2, -0.15) is 0 Å². The number of rotatable bonds is 4. The molecule has 0 bridgehead atoms. The molecule has 2 aromatic heterocycles. The first-order valence-electron chi connectivity index (χ1n) is 8.43. The van der Waals surface area contributed by atoms with Gasteiger partial charge in [-0.25, -0.2) is 9.97 Å². The summed E-state index contributed by atoms with van der Waals surface area (Å²) in [5, 5.41) is 1.01. The maximum Gasteiger partial charge on any atom is 0.275 e. The summed E-state index contributed by atoms with van der Waals surface area (Å²) in [5.74, 6) is 0.981. The van der Waals surface area contributed by atoms with E-state index in [4.69, 9.17) is 9.15 Å². The van der Waals surface area contributed by atoms with Crippen molar-refractivity contribution in [3.63, 3.8) is 0 Å². The monoisotopic (exact) mass is 337 g/mol. The Morgan fingerprint density at radius 3 is 2.88 bits per heavy atom. The highest BCUT2D eigenvalue weighted by molar-refractivity contribution is 5.92. The lowest BCUT2D eigenvalue weighted by atomic mass is 10.2. The summed E-state index contributed by atoms with van der Waals surface area (Å²) in [4.78, 5) is 22.9. The number of aromatic nitrogens is 2. The first-order valence-corrected chi connectivity index (χ1v) is 8.43. The Hall–Kier alpha value is -2.89. The minimum Gasteiger partial charge on any atom is -0.482 e. The third-order valence-corrected chi connectivity index (χ3v) is 4.34. The molecule has 3 heterocycles. The number of ether oxygens (including phenoxy) is 1. The number of para-hydroxylation sites is 1. The first kappa shape index (κ1) is 15.6. The van der Waals surface area contributed by atoms with Crippen LogP contribution in [0.2, 0.25) is 0 Å². The fourth-order valence-electron chi connectivity index (χ4n) is 3.03. The summed E-state index contributed by atoms with van der Waals surface area (Å²) in [6.45, 7) is 3.68. The number of hydrogen-bond acceptors (Lipinski definition) is 5. The van der Waals surface area contributed by atoms with Crippen molar-refractivity contribution in [2.45, 2.75) is 26.4 Å². The number of aryl methyl sites for hydroxylation is 1. The van der Waals surface area contributed by atoms with Crippen LogP contribution in [0.5, 0.6) is 5.75 Å². The topological polar surface area (TPSA) is 68.5 Å². The summed E-state index contributed by atoms with van der Waals surface area (Å²) in [7, 11) is 0. The predicted molar refractivity (Wildman–Crippen MR) is 92.5 cm³/mol. The number of nitrogens with zero attached hydrogens (tertiary/aromatic N) is 3. The van der Waals surface area contributed by atoms with Crippen LogP contribution in [0.1, 0.15) is 34.9 Å². The van der Waals surface area contributed by atoms with Crippen LogP contribution < -0.4 is 4.74 Å². The van der Waals surface area contributed by atoms with Gasteiger partial charge < -0.3 is 14.1 Å². The number of amides is 1. The third kappa shape index (κ3) is 3.20. The molecule has 3 aromatic rings. The molecule has 0 N–H and O–H groups in total. The zero-order valence-electron chi connectivity index (χ0n) is 14.1. The van der Waals surface area contributed by atoms with Crippen molar-refractivity contribution < 1.29 is 13.9 Å². The third-order valence-electron chi connectivity index (χ3n) is 4.34. The summed E-state index contributed by atoms with van der Waals surface area (Å²) in [6.07, 6.45) is 3.50. The van der Waals surface area contributed by atoms with E-state index in [0.717, 1.165) is 42.5 Å². The van der Waals surface area contributed by atoms with Gasteiger partial charge in [-0.15, -0.1) is 0 Å². The summed E-state index contributed by atoms with van der Waals surface area (Å²) >= 11 is 0. The van der Waals surface area contributed by atoms with Crippen molar-refractivity contribution in [3.05, 3.63) is 53.9 Å². The highest BCUT2D eigenvalue weighted by Crippen LogP contribution is 2.24. The number of carbonyl (C=O) groups excluding carboxylic acids is 1. The van der Waals surface area contributed by atoms with Crippen LogP contribution >= 0.6 is 0 Å². The second kappa shape index (κ2) is 6.55. The van der Waals surface area contributed by atoms with Gasteiger partial charge in [-0.05, 0) is 31.9 Å². The number of carbonyl (C=O) groups is 1. The molecule has 1 amide bonds. The summed E-state index contributed by atoms with van der Waals surface area (Å²) in [5.41, 5.74) is 2.08. The average Bonchev–Trinajstić information content (AvgIpc) is 3.31. The van der Waals surface area contributed by atoms with Crippen molar-refractivity contribution in [2.75, 3.05) is 13.1 Å². The standard InChI is InChI=1S/C19H19N3O3/c1-13-7-8-14-5-4-6-16(18(14)20-13)24-12-17-21-15(11-25-17)19(23)22-9-2-3-10-22/h4-8,11H,2-3,9-10,12H2,1H3. The molecule has 4 rings (SSSR count). The SMILES string of the molecule is Cc1ccc2cccc(OCc3nc(C(=O)N4CCCC4)co3)c2n1. The van der Waals surface area contributed by atoms with E-state index in [9.17, 15) is 4.79 Å². The molecule has 25 heavy (non-hydrogen) atoms. The molecule has 128 valence electrons. The summed E-state index contributed by atoms with van der Waals surface area (Å²) in [6, 6.07) is 9.77. The van der Waals surface area contributed by atoms with Gasteiger partial charge in [0, 0.05) is 24.2 Å². The van der Waals surface area contributed by atoms with Gasteiger partial charge in [-0.1, -0.05) is 18.2 Å². The van der Waals surface area contributed by atoms with Crippen molar-refractivity contribution in [1.82, 2.24) is 14.9 Å².